The summed E-state index contributed by atoms with van der Waals surface area (Å²) in [5.41, 5.74) is 6.71. The SMILES string of the molecule is COc1ccc(/C(N)=N/OC(=O)c2ccc(Cl)cc2)cc1. The van der Waals surface area contributed by atoms with Gasteiger partial charge < -0.3 is 15.3 Å². The predicted molar refractivity (Wildman–Crippen MR) is 80.6 cm³/mol. The minimum atomic E-state index is -0.608. The topological polar surface area (TPSA) is 73.9 Å². The molecule has 108 valence electrons. The highest BCUT2D eigenvalue weighted by Gasteiger charge is 2.08. The van der Waals surface area contributed by atoms with Crippen molar-refractivity contribution < 1.29 is 14.4 Å². The molecular formula is C15H13ClN2O3. The lowest BCUT2D eigenvalue weighted by molar-refractivity contribution is 0.0516. The second-order valence-electron chi connectivity index (χ2n) is 4.09. The normalized spacial score (nSPS) is 11.0. The zero-order valence-electron chi connectivity index (χ0n) is 11.2. The van der Waals surface area contributed by atoms with Gasteiger partial charge in [-0.1, -0.05) is 16.8 Å². The minimum Gasteiger partial charge on any atom is -0.497 e. The molecule has 2 N–H and O–H groups in total. The van der Waals surface area contributed by atoms with Crippen LogP contribution in [-0.2, 0) is 4.84 Å². The molecule has 2 aromatic carbocycles. The molecule has 0 radical (unpaired) electrons. The highest BCUT2D eigenvalue weighted by molar-refractivity contribution is 6.30. The Kier molecular flexibility index (Phi) is 4.79. The van der Waals surface area contributed by atoms with Gasteiger partial charge in [-0.25, -0.2) is 4.79 Å². The van der Waals surface area contributed by atoms with Gasteiger partial charge in [-0.3, -0.25) is 0 Å². The van der Waals surface area contributed by atoms with Crippen molar-refractivity contribution >= 4 is 23.4 Å². The summed E-state index contributed by atoms with van der Waals surface area (Å²) in [5, 5.41) is 4.15. The molecule has 0 amide bonds. The lowest BCUT2D eigenvalue weighted by Crippen LogP contribution is -2.15. The minimum absolute atomic E-state index is 0.0972. The number of halogens is 1. The summed E-state index contributed by atoms with van der Waals surface area (Å²) in [6, 6.07) is 13.2. The summed E-state index contributed by atoms with van der Waals surface area (Å²) in [4.78, 5) is 16.5. The summed E-state index contributed by atoms with van der Waals surface area (Å²) in [7, 11) is 1.57. The Morgan fingerprint density at radius 2 is 1.62 bits per heavy atom. The van der Waals surface area contributed by atoms with Crippen LogP contribution in [0.25, 0.3) is 0 Å². The van der Waals surface area contributed by atoms with Crippen molar-refractivity contribution in [2.45, 2.75) is 0 Å². The second-order valence-corrected chi connectivity index (χ2v) is 4.53. The third-order valence-electron chi connectivity index (χ3n) is 2.69. The summed E-state index contributed by atoms with van der Waals surface area (Å²) < 4.78 is 5.04. The number of hydrogen-bond acceptors (Lipinski definition) is 4. The quantitative estimate of drug-likeness (QED) is 0.408. The molecule has 0 atom stereocenters. The highest BCUT2D eigenvalue weighted by Crippen LogP contribution is 2.12. The van der Waals surface area contributed by atoms with Crippen LogP contribution in [0.15, 0.2) is 53.7 Å². The zero-order valence-corrected chi connectivity index (χ0v) is 12.0. The van der Waals surface area contributed by atoms with Crippen LogP contribution in [0.2, 0.25) is 5.02 Å². The van der Waals surface area contributed by atoms with Crippen LogP contribution >= 0.6 is 11.6 Å². The van der Waals surface area contributed by atoms with E-state index in [4.69, 9.17) is 26.9 Å². The van der Waals surface area contributed by atoms with Gasteiger partial charge in [0.2, 0.25) is 0 Å². The van der Waals surface area contributed by atoms with Crippen molar-refractivity contribution in [2.75, 3.05) is 7.11 Å². The molecule has 0 aliphatic carbocycles. The number of oxime groups is 1. The molecule has 2 rings (SSSR count). The molecule has 0 aliphatic rings. The summed E-state index contributed by atoms with van der Waals surface area (Å²) in [6.07, 6.45) is 0. The van der Waals surface area contributed by atoms with Gasteiger partial charge in [0.25, 0.3) is 0 Å². The van der Waals surface area contributed by atoms with Crippen LogP contribution in [0.5, 0.6) is 5.75 Å². The Balaban J connectivity index is 2.05. The van der Waals surface area contributed by atoms with Crippen molar-refractivity contribution in [3.63, 3.8) is 0 Å². The van der Waals surface area contributed by atoms with E-state index in [1.807, 2.05) is 0 Å². The fourth-order valence-electron chi connectivity index (χ4n) is 1.54. The molecule has 0 aromatic heterocycles. The maximum atomic E-state index is 11.7. The van der Waals surface area contributed by atoms with E-state index in [9.17, 15) is 4.79 Å². The summed E-state index contributed by atoms with van der Waals surface area (Å²) >= 11 is 5.74. The lowest BCUT2D eigenvalue weighted by atomic mass is 10.2. The van der Waals surface area contributed by atoms with E-state index in [2.05, 4.69) is 5.16 Å². The Morgan fingerprint density at radius 3 is 2.19 bits per heavy atom. The number of amidine groups is 1. The monoisotopic (exact) mass is 304 g/mol. The fourth-order valence-corrected chi connectivity index (χ4v) is 1.67. The van der Waals surface area contributed by atoms with Crippen LogP contribution < -0.4 is 10.5 Å². The number of nitrogens with zero attached hydrogens (tertiary/aromatic N) is 1. The molecule has 0 aliphatic heterocycles. The number of nitrogens with two attached hydrogens (primary N) is 1. The van der Waals surface area contributed by atoms with Gasteiger partial charge in [0.1, 0.15) is 5.75 Å². The Morgan fingerprint density at radius 1 is 1.05 bits per heavy atom. The van der Waals surface area contributed by atoms with Crippen molar-refractivity contribution in [1.29, 1.82) is 0 Å². The third-order valence-corrected chi connectivity index (χ3v) is 2.94. The van der Waals surface area contributed by atoms with Crippen LogP contribution in [0.1, 0.15) is 15.9 Å². The predicted octanol–water partition coefficient (Wildman–Crippen LogP) is 2.83. The lowest BCUT2D eigenvalue weighted by Gasteiger charge is -2.03. The second kappa shape index (κ2) is 6.76. The molecule has 0 saturated carbocycles. The Labute approximate surface area is 126 Å². The molecule has 0 unspecified atom stereocenters. The molecule has 0 bridgehead atoms. The van der Waals surface area contributed by atoms with Gasteiger partial charge in [-0.15, -0.1) is 0 Å². The molecular weight excluding hydrogens is 292 g/mol. The number of hydrogen-bond donors (Lipinski definition) is 1. The summed E-state index contributed by atoms with van der Waals surface area (Å²) in [6.45, 7) is 0. The zero-order chi connectivity index (χ0) is 15.2. The van der Waals surface area contributed by atoms with Gasteiger partial charge in [0.15, 0.2) is 5.84 Å². The Hall–Kier alpha value is -2.53. The first-order chi connectivity index (χ1) is 10.1. The number of benzene rings is 2. The van der Waals surface area contributed by atoms with Gasteiger partial charge in [0, 0.05) is 10.6 Å². The summed E-state index contributed by atoms with van der Waals surface area (Å²) in [5.74, 6) is 0.188. The largest absolute Gasteiger partial charge is 0.497 e. The highest BCUT2D eigenvalue weighted by atomic mass is 35.5. The smallest absolute Gasteiger partial charge is 0.365 e. The first-order valence-corrected chi connectivity index (χ1v) is 6.43. The number of rotatable bonds is 4. The molecule has 0 fully saturated rings. The van der Waals surface area contributed by atoms with Crippen LogP contribution in [0.4, 0.5) is 0 Å². The number of carbonyl (C=O) groups is 1. The Bertz CT molecular complexity index is 652. The number of ether oxygens (including phenoxy) is 1. The van der Waals surface area contributed by atoms with E-state index in [1.54, 1.807) is 55.6 Å². The first-order valence-electron chi connectivity index (χ1n) is 6.05. The van der Waals surface area contributed by atoms with E-state index < -0.39 is 5.97 Å². The molecule has 6 heteroatoms. The molecule has 2 aromatic rings. The van der Waals surface area contributed by atoms with Crippen LogP contribution in [0, 0.1) is 0 Å². The van der Waals surface area contributed by atoms with Crippen LogP contribution in [-0.4, -0.2) is 18.9 Å². The fraction of sp³-hybridized carbons (Fsp3) is 0.0667. The maximum Gasteiger partial charge on any atom is 0.365 e. The van der Waals surface area contributed by atoms with Crippen molar-refractivity contribution in [1.82, 2.24) is 0 Å². The average Bonchev–Trinajstić information content (AvgIpc) is 2.53. The van der Waals surface area contributed by atoms with Crippen molar-refractivity contribution in [3.05, 3.63) is 64.7 Å². The van der Waals surface area contributed by atoms with E-state index >= 15 is 0 Å². The standard InChI is InChI=1S/C15H13ClN2O3/c1-20-13-8-4-10(5-9-13)14(17)18-21-15(19)11-2-6-12(16)7-3-11/h2-9H,1H3,(H2,17,18). The third kappa shape index (κ3) is 3.97. The first kappa shape index (κ1) is 14.9. The van der Waals surface area contributed by atoms with Crippen LogP contribution in [0.3, 0.4) is 0 Å². The van der Waals surface area contributed by atoms with E-state index in [1.165, 1.54) is 0 Å². The molecule has 0 spiro atoms. The molecule has 0 saturated heterocycles. The van der Waals surface area contributed by atoms with Gasteiger partial charge in [-0.2, -0.15) is 0 Å². The van der Waals surface area contributed by atoms with Gasteiger partial charge in [0.05, 0.1) is 12.7 Å². The van der Waals surface area contributed by atoms with Crippen molar-refractivity contribution in [2.24, 2.45) is 10.9 Å². The number of carbonyl (C=O) groups excluding carboxylic acids is 1. The van der Waals surface area contributed by atoms with E-state index in [0.29, 0.717) is 21.9 Å². The molecule has 0 heterocycles. The maximum absolute atomic E-state index is 11.7. The molecule has 5 nitrogen and oxygen atoms in total. The van der Waals surface area contributed by atoms with E-state index in [0.717, 1.165) is 0 Å². The average molecular weight is 305 g/mol. The number of methoxy groups -OCH3 is 1. The van der Waals surface area contributed by atoms with Crippen molar-refractivity contribution in [3.8, 4) is 5.75 Å². The molecule has 21 heavy (non-hydrogen) atoms. The van der Waals surface area contributed by atoms with Gasteiger partial charge >= 0.3 is 5.97 Å². The van der Waals surface area contributed by atoms with Gasteiger partial charge in [-0.05, 0) is 48.5 Å². The van der Waals surface area contributed by atoms with E-state index in [-0.39, 0.29) is 5.84 Å².